The quantitative estimate of drug-likeness (QED) is 0.457. The smallest absolute Gasteiger partial charge is 0.279 e. The standard InChI is InChI=1S/C16H14N6O3S2/c23-13(18-10-2-1-5-17-7-10)8-26-16-21-20-15(27-16)19-14(24)11-6-12(25-22-11)9-3-4-9/h1-2,5-7,9H,3-4,8H2,(H,18,23)(H,19,20,24). The molecule has 0 bridgehead atoms. The van der Waals surface area contributed by atoms with Gasteiger partial charge in [0.15, 0.2) is 10.0 Å². The summed E-state index contributed by atoms with van der Waals surface area (Å²) in [6, 6.07) is 5.16. The maximum atomic E-state index is 12.2. The summed E-state index contributed by atoms with van der Waals surface area (Å²) >= 11 is 2.42. The van der Waals surface area contributed by atoms with Gasteiger partial charge in [0, 0.05) is 18.2 Å². The Hall–Kier alpha value is -2.79. The summed E-state index contributed by atoms with van der Waals surface area (Å²) in [5, 5.41) is 17.4. The van der Waals surface area contributed by atoms with Crippen LogP contribution in [0.15, 0.2) is 39.5 Å². The number of aromatic nitrogens is 4. The zero-order valence-electron chi connectivity index (χ0n) is 13.9. The van der Waals surface area contributed by atoms with Crippen molar-refractivity contribution in [3.8, 4) is 0 Å². The van der Waals surface area contributed by atoms with Crippen molar-refractivity contribution in [3.63, 3.8) is 0 Å². The SMILES string of the molecule is O=C(CSc1nnc(NC(=O)c2cc(C3CC3)on2)s1)Nc1cccnc1. The third-order valence-corrected chi connectivity index (χ3v) is 5.61. The van der Waals surface area contributed by atoms with Crippen LogP contribution < -0.4 is 10.6 Å². The van der Waals surface area contributed by atoms with Gasteiger partial charge in [-0.3, -0.25) is 19.9 Å². The van der Waals surface area contributed by atoms with Crippen molar-refractivity contribution < 1.29 is 14.1 Å². The predicted octanol–water partition coefficient (Wildman–Crippen LogP) is 2.78. The monoisotopic (exact) mass is 402 g/mol. The van der Waals surface area contributed by atoms with E-state index in [2.05, 4.69) is 31.0 Å². The van der Waals surface area contributed by atoms with E-state index in [1.54, 1.807) is 30.6 Å². The Morgan fingerprint density at radius 2 is 2.19 bits per heavy atom. The first-order valence-corrected chi connectivity index (χ1v) is 9.92. The molecule has 2 N–H and O–H groups in total. The van der Waals surface area contributed by atoms with Crippen LogP contribution in [0, 0.1) is 0 Å². The van der Waals surface area contributed by atoms with Gasteiger partial charge in [-0.25, -0.2) is 0 Å². The molecule has 0 radical (unpaired) electrons. The van der Waals surface area contributed by atoms with Crippen LogP contribution in [0.5, 0.6) is 0 Å². The van der Waals surface area contributed by atoms with Crippen LogP contribution in [-0.4, -0.2) is 37.9 Å². The van der Waals surface area contributed by atoms with Gasteiger partial charge in [-0.05, 0) is 25.0 Å². The molecule has 0 aliphatic heterocycles. The molecule has 11 heteroatoms. The largest absolute Gasteiger partial charge is 0.360 e. The summed E-state index contributed by atoms with van der Waals surface area (Å²) in [6.07, 6.45) is 5.34. The molecule has 1 fully saturated rings. The highest BCUT2D eigenvalue weighted by Crippen LogP contribution is 2.40. The van der Waals surface area contributed by atoms with Crippen molar-refractivity contribution in [3.05, 3.63) is 42.0 Å². The third-order valence-electron chi connectivity index (χ3n) is 3.64. The highest BCUT2D eigenvalue weighted by molar-refractivity contribution is 8.01. The van der Waals surface area contributed by atoms with Crippen molar-refractivity contribution in [2.75, 3.05) is 16.4 Å². The summed E-state index contributed by atoms with van der Waals surface area (Å²) in [4.78, 5) is 28.0. The highest BCUT2D eigenvalue weighted by Gasteiger charge is 2.29. The van der Waals surface area contributed by atoms with Crippen molar-refractivity contribution in [1.29, 1.82) is 0 Å². The van der Waals surface area contributed by atoms with E-state index in [-0.39, 0.29) is 17.4 Å². The summed E-state index contributed by atoms with van der Waals surface area (Å²) in [5.41, 5.74) is 0.851. The van der Waals surface area contributed by atoms with Gasteiger partial charge in [0.05, 0.1) is 17.6 Å². The molecule has 3 heterocycles. The van der Waals surface area contributed by atoms with Crippen molar-refractivity contribution in [1.82, 2.24) is 20.3 Å². The molecule has 0 aromatic carbocycles. The fourth-order valence-electron chi connectivity index (χ4n) is 2.20. The van der Waals surface area contributed by atoms with Gasteiger partial charge in [0.1, 0.15) is 5.76 Å². The zero-order valence-corrected chi connectivity index (χ0v) is 15.5. The Bertz CT molecular complexity index is 954. The Morgan fingerprint density at radius 1 is 1.30 bits per heavy atom. The molecule has 138 valence electrons. The molecule has 2 amide bonds. The molecule has 4 rings (SSSR count). The van der Waals surface area contributed by atoms with Gasteiger partial charge in [-0.15, -0.1) is 10.2 Å². The van der Waals surface area contributed by atoms with E-state index in [9.17, 15) is 9.59 Å². The maximum Gasteiger partial charge on any atom is 0.279 e. The molecule has 0 unspecified atom stereocenters. The summed E-state index contributed by atoms with van der Waals surface area (Å²) in [5.74, 6) is 0.734. The lowest BCUT2D eigenvalue weighted by Crippen LogP contribution is -2.13. The minimum atomic E-state index is -0.396. The summed E-state index contributed by atoms with van der Waals surface area (Å²) in [6.45, 7) is 0. The number of rotatable bonds is 7. The van der Waals surface area contributed by atoms with Crippen LogP contribution in [-0.2, 0) is 4.79 Å². The number of carbonyl (C=O) groups is 2. The zero-order chi connectivity index (χ0) is 18.6. The van der Waals surface area contributed by atoms with E-state index in [0.717, 1.165) is 18.6 Å². The fraction of sp³-hybridized carbons (Fsp3) is 0.250. The second-order valence-corrected chi connectivity index (χ2v) is 7.99. The molecular weight excluding hydrogens is 388 g/mol. The van der Waals surface area contributed by atoms with E-state index in [1.165, 1.54) is 23.1 Å². The van der Waals surface area contributed by atoms with Gasteiger partial charge < -0.3 is 9.84 Å². The number of hydrogen-bond donors (Lipinski definition) is 2. The first-order chi connectivity index (χ1) is 13.2. The van der Waals surface area contributed by atoms with Crippen LogP contribution in [0.1, 0.15) is 35.0 Å². The molecule has 1 aliphatic rings. The second kappa shape index (κ2) is 7.84. The van der Waals surface area contributed by atoms with Crippen LogP contribution in [0.2, 0.25) is 0 Å². The Morgan fingerprint density at radius 3 is 2.96 bits per heavy atom. The summed E-state index contributed by atoms with van der Waals surface area (Å²) < 4.78 is 5.74. The van der Waals surface area contributed by atoms with E-state index in [4.69, 9.17) is 4.52 Å². The lowest BCUT2D eigenvalue weighted by atomic mass is 10.3. The van der Waals surface area contributed by atoms with Gasteiger partial charge in [0.25, 0.3) is 5.91 Å². The van der Waals surface area contributed by atoms with Gasteiger partial charge in [0.2, 0.25) is 11.0 Å². The molecule has 3 aromatic heterocycles. The topological polar surface area (TPSA) is 123 Å². The van der Waals surface area contributed by atoms with E-state index in [1.807, 2.05) is 0 Å². The lowest BCUT2D eigenvalue weighted by Gasteiger charge is -2.02. The second-order valence-electron chi connectivity index (χ2n) is 5.79. The molecule has 27 heavy (non-hydrogen) atoms. The first kappa shape index (κ1) is 17.6. The van der Waals surface area contributed by atoms with Crippen LogP contribution in [0.4, 0.5) is 10.8 Å². The third kappa shape index (κ3) is 4.68. The minimum absolute atomic E-state index is 0.172. The summed E-state index contributed by atoms with van der Waals surface area (Å²) in [7, 11) is 0. The van der Waals surface area contributed by atoms with Crippen molar-refractivity contribution >= 4 is 45.7 Å². The van der Waals surface area contributed by atoms with Gasteiger partial charge in [-0.1, -0.05) is 28.3 Å². The Kier molecular flexibility index (Phi) is 5.12. The van der Waals surface area contributed by atoms with Crippen LogP contribution >= 0.6 is 23.1 Å². The molecule has 0 saturated heterocycles. The number of amides is 2. The minimum Gasteiger partial charge on any atom is -0.360 e. The van der Waals surface area contributed by atoms with Crippen molar-refractivity contribution in [2.45, 2.75) is 23.1 Å². The molecule has 1 saturated carbocycles. The van der Waals surface area contributed by atoms with E-state index < -0.39 is 5.91 Å². The first-order valence-electron chi connectivity index (χ1n) is 8.11. The van der Waals surface area contributed by atoms with Gasteiger partial charge in [-0.2, -0.15) is 0 Å². The van der Waals surface area contributed by atoms with Crippen LogP contribution in [0.25, 0.3) is 0 Å². The average molecular weight is 402 g/mol. The number of carbonyl (C=O) groups excluding carboxylic acids is 2. The molecule has 3 aromatic rings. The molecule has 9 nitrogen and oxygen atoms in total. The Labute approximate surface area is 162 Å². The van der Waals surface area contributed by atoms with Crippen LogP contribution in [0.3, 0.4) is 0 Å². The average Bonchev–Trinajstić information content (AvgIpc) is 3.23. The number of pyridine rings is 1. The number of thioether (sulfide) groups is 1. The van der Waals surface area contributed by atoms with E-state index in [0.29, 0.717) is 21.1 Å². The normalized spacial score (nSPS) is 13.3. The number of anilines is 2. The number of hydrogen-bond acceptors (Lipinski definition) is 9. The molecule has 0 spiro atoms. The van der Waals surface area contributed by atoms with Gasteiger partial charge >= 0.3 is 0 Å². The fourth-order valence-corrected chi connectivity index (χ4v) is 3.74. The van der Waals surface area contributed by atoms with Crippen molar-refractivity contribution in [2.24, 2.45) is 0 Å². The van der Waals surface area contributed by atoms with E-state index >= 15 is 0 Å². The number of nitrogens with one attached hydrogen (secondary N) is 2. The molecule has 1 aliphatic carbocycles. The predicted molar refractivity (Wildman–Crippen MR) is 99.9 cm³/mol. The maximum absolute atomic E-state index is 12.2. The number of nitrogens with zero attached hydrogens (tertiary/aromatic N) is 4. The highest BCUT2D eigenvalue weighted by atomic mass is 32.2. The Balaban J connectivity index is 1.27. The molecule has 0 atom stereocenters. The molecular formula is C16H14N6O3S2. The lowest BCUT2D eigenvalue weighted by molar-refractivity contribution is -0.113.